The second kappa shape index (κ2) is 10.7. The summed E-state index contributed by atoms with van der Waals surface area (Å²) in [4.78, 5) is 0. The van der Waals surface area contributed by atoms with E-state index in [2.05, 4.69) is 24.3 Å². The second-order valence-electron chi connectivity index (χ2n) is 1.09. The van der Waals surface area contributed by atoms with Gasteiger partial charge in [0, 0.05) is 21.7 Å². The van der Waals surface area contributed by atoms with Crippen LogP contribution in [0.5, 0.6) is 0 Å². The van der Waals surface area contributed by atoms with Gasteiger partial charge in [-0.2, -0.15) is 0 Å². The molecule has 0 fully saturated rings. The van der Waals surface area contributed by atoms with Gasteiger partial charge in [-0.25, -0.2) is 0 Å². The van der Waals surface area contributed by atoms with Gasteiger partial charge in [-0.1, -0.05) is 24.3 Å². The van der Waals surface area contributed by atoms with Crippen LogP contribution in [-0.2, 0) is 21.7 Å². The number of hydrogen-bond acceptors (Lipinski definition) is 0. The molecule has 0 bridgehead atoms. The molecule has 0 atom stereocenters. The molecule has 0 saturated heterocycles. The number of halogens is 2. The van der Waals surface area contributed by atoms with Crippen molar-refractivity contribution in [3.8, 4) is 0 Å². The number of rotatable bonds is 0. The minimum absolute atomic E-state index is 0. The van der Waals surface area contributed by atoms with E-state index in [0.717, 1.165) is 6.42 Å². The van der Waals surface area contributed by atoms with Gasteiger partial charge in [0.1, 0.15) is 0 Å². The smallest absolute Gasteiger partial charge is 0 e. The molecule has 0 aromatic rings. The first kappa shape index (κ1) is 15.9. The van der Waals surface area contributed by atoms with Crippen LogP contribution in [0.25, 0.3) is 0 Å². The summed E-state index contributed by atoms with van der Waals surface area (Å²) in [6.07, 6.45) is 9.50. The fraction of sp³-hybridized carbons (Fsp3) is 0.200. The molecule has 0 aromatic carbocycles. The maximum absolute atomic E-state index is 2.12. The molecule has 1 aliphatic rings. The van der Waals surface area contributed by atoms with Crippen LogP contribution in [-0.4, -0.2) is 0 Å². The molecular weight excluding hydrogens is 179 g/mol. The fourth-order valence-corrected chi connectivity index (χ4v) is 0.393. The van der Waals surface area contributed by atoms with Crippen molar-refractivity contribution >= 4 is 24.8 Å². The first-order valence-electron chi connectivity index (χ1n) is 1.82. The molecule has 0 amide bonds. The molecular formula is C5H8Cl2Ti. The molecule has 3 heteroatoms. The minimum Gasteiger partial charge on any atom is -0.147 e. The Labute approximate surface area is 77.1 Å². The van der Waals surface area contributed by atoms with Crippen LogP contribution in [0.4, 0.5) is 0 Å². The van der Waals surface area contributed by atoms with Gasteiger partial charge >= 0.3 is 0 Å². The third-order valence-electron chi connectivity index (χ3n) is 0.655. The maximum Gasteiger partial charge on any atom is 0 e. The zero-order valence-electron chi connectivity index (χ0n) is 4.33. The van der Waals surface area contributed by atoms with E-state index in [9.17, 15) is 0 Å². The van der Waals surface area contributed by atoms with Gasteiger partial charge in [-0.15, -0.1) is 24.8 Å². The van der Waals surface area contributed by atoms with Crippen LogP contribution in [0.15, 0.2) is 24.3 Å². The standard InChI is InChI=1S/C5H6.2ClH.Ti/c1-2-4-5-3-1;;;/h1-4H,5H2;2*1H;. The second-order valence-corrected chi connectivity index (χ2v) is 1.09. The quantitative estimate of drug-likeness (QED) is 0.510. The first-order valence-corrected chi connectivity index (χ1v) is 1.82. The average Bonchev–Trinajstić information content (AvgIpc) is 1.76. The van der Waals surface area contributed by atoms with E-state index in [0.29, 0.717) is 0 Å². The van der Waals surface area contributed by atoms with Crippen molar-refractivity contribution in [1.82, 2.24) is 0 Å². The minimum atomic E-state index is 0. The van der Waals surface area contributed by atoms with Crippen LogP contribution in [0, 0.1) is 0 Å². The summed E-state index contributed by atoms with van der Waals surface area (Å²) in [6, 6.07) is 0. The fourth-order valence-electron chi connectivity index (χ4n) is 0.393. The van der Waals surface area contributed by atoms with Crippen LogP contribution in [0.2, 0.25) is 0 Å². The summed E-state index contributed by atoms with van der Waals surface area (Å²) >= 11 is 0. The van der Waals surface area contributed by atoms with Gasteiger partial charge in [-0.05, 0) is 6.42 Å². The molecule has 1 rings (SSSR count). The summed E-state index contributed by atoms with van der Waals surface area (Å²) in [6.45, 7) is 0. The third kappa shape index (κ3) is 6.77. The number of hydrogen-bond donors (Lipinski definition) is 0. The van der Waals surface area contributed by atoms with Crippen molar-refractivity contribution in [2.24, 2.45) is 0 Å². The summed E-state index contributed by atoms with van der Waals surface area (Å²) in [5.41, 5.74) is 0. The molecule has 0 nitrogen and oxygen atoms in total. The van der Waals surface area contributed by atoms with E-state index < -0.39 is 0 Å². The van der Waals surface area contributed by atoms with Crippen molar-refractivity contribution in [2.45, 2.75) is 6.42 Å². The normalized spacial score (nSPS) is 11.0. The molecule has 46 valence electrons. The van der Waals surface area contributed by atoms with E-state index in [1.165, 1.54) is 0 Å². The van der Waals surface area contributed by atoms with Crippen molar-refractivity contribution < 1.29 is 21.7 Å². The zero-order chi connectivity index (χ0) is 3.54. The van der Waals surface area contributed by atoms with Gasteiger partial charge in [0.15, 0.2) is 0 Å². The summed E-state index contributed by atoms with van der Waals surface area (Å²) < 4.78 is 0. The van der Waals surface area contributed by atoms with Gasteiger partial charge in [0.2, 0.25) is 0 Å². The Balaban J connectivity index is -0.0000000833. The molecule has 0 heterocycles. The van der Waals surface area contributed by atoms with Crippen LogP contribution in [0.3, 0.4) is 0 Å². The topological polar surface area (TPSA) is 0 Å². The predicted octanol–water partition coefficient (Wildman–Crippen LogP) is 2.34. The van der Waals surface area contributed by atoms with E-state index in [4.69, 9.17) is 0 Å². The Hall–Kier alpha value is 0.774. The average molecular weight is 187 g/mol. The third-order valence-corrected chi connectivity index (χ3v) is 0.655. The molecule has 0 N–H and O–H groups in total. The summed E-state index contributed by atoms with van der Waals surface area (Å²) in [5.74, 6) is 0. The molecule has 0 aliphatic heterocycles. The Bertz CT molecular complexity index is 68.5. The van der Waals surface area contributed by atoms with E-state index in [1.54, 1.807) is 0 Å². The molecule has 8 heavy (non-hydrogen) atoms. The van der Waals surface area contributed by atoms with Gasteiger partial charge in [-0.3, -0.25) is 0 Å². The molecule has 0 aromatic heterocycles. The summed E-state index contributed by atoms with van der Waals surface area (Å²) in [5, 5.41) is 0. The summed E-state index contributed by atoms with van der Waals surface area (Å²) in [7, 11) is 0. The monoisotopic (exact) mass is 186 g/mol. The van der Waals surface area contributed by atoms with Crippen LogP contribution < -0.4 is 0 Å². The van der Waals surface area contributed by atoms with Crippen molar-refractivity contribution in [3.05, 3.63) is 24.3 Å². The Kier molecular flexibility index (Phi) is 21.3. The van der Waals surface area contributed by atoms with Crippen molar-refractivity contribution in [1.29, 1.82) is 0 Å². The van der Waals surface area contributed by atoms with Crippen molar-refractivity contribution in [2.75, 3.05) is 0 Å². The van der Waals surface area contributed by atoms with E-state index in [1.807, 2.05) is 0 Å². The number of allylic oxidation sites excluding steroid dienone is 4. The van der Waals surface area contributed by atoms with Crippen LogP contribution >= 0.6 is 24.8 Å². The van der Waals surface area contributed by atoms with Crippen LogP contribution in [0.1, 0.15) is 6.42 Å². The molecule has 1 aliphatic carbocycles. The first-order chi connectivity index (χ1) is 2.50. The van der Waals surface area contributed by atoms with Gasteiger partial charge < -0.3 is 0 Å². The predicted molar refractivity (Wildman–Crippen MR) is 37.4 cm³/mol. The molecule has 0 spiro atoms. The Morgan fingerprint density at radius 2 is 1.25 bits per heavy atom. The molecule has 0 saturated carbocycles. The zero-order valence-corrected chi connectivity index (χ0v) is 7.53. The Morgan fingerprint density at radius 1 is 0.875 bits per heavy atom. The van der Waals surface area contributed by atoms with E-state index in [-0.39, 0.29) is 46.5 Å². The SMILES string of the molecule is C1=CCC=C1.Cl.Cl.[Ti]. The maximum atomic E-state index is 2.12. The van der Waals surface area contributed by atoms with Gasteiger partial charge in [0.25, 0.3) is 0 Å². The molecule has 0 unspecified atom stereocenters. The van der Waals surface area contributed by atoms with Crippen molar-refractivity contribution in [3.63, 3.8) is 0 Å². The molecule has 0 radical (unpaired) electrons. The largest absolute Gasteiger partial charge is 0.147 e. The van der Waals surface area contributed by atoms with Gasteiger partial charge in [0.05, 0.1) is 0 Å². The van der Waals surface area contributed by atoms with E-state index >= 15 is 0 Å². The Morgan fingerprint density at radius 3 is 1.38 bits per heavy atom.